The molecule has 0 amide bonds. The zero-order chi connectivity index (χ0) is 35.9. The number of rotatable bonds is 26. The van der Waals surface area contributed by atoms with Crippen LogP contribution < -0.4 is 37.9 Å². The Hall–Kier alpha value is -4.92. The lowest BCUT2D eigenvalue weighted by molar-refractivity contribution is -0.399. The van der Waals surface area contributed by atoms with Crippen molar-refractivity contribution in [1.29, 1.82) is 0 Å². The van der Waals surface area contributed by atoms with Crippen molar-refractivity contribution in [3.63, 3.8) is 0 Å². The van der Waals surface area contributed by atoms with E-state index in [1.54, 1.807) is 77.0 Å². The van der Waals surface area contributed by atoms with Crippen LogP contribution in [0.2, 0.25) is 0 Å². The number of benzene rings is 4. The van der Waals surface area contributed by atoms with Gasteiger partial charge < -0.3 is 56.8 Å². The van der Waals surface area contributed by atoms with Crippen LogP contribution in [0.5, 0.6) is 46.0 Å². The molecule has 4 aromatic rings. The van der Waals surface area contributed by atoms with Gasteiger partial charge in [-0.3, -0.25) is 4.74 Å². The SMILES string of the molecule is COc1ccc(OCCOC(OCCOc2ccc(OC)cc2)OC(OCCOc2ccc(OC)cc2)OCCOc2ccc(OC)cc2)cc1. The topological polar surface area (TPSA) is 120 Å². The Morgan fingerprint density at radius 2 is 0.490 bits per heavy atom. The van der Waals surface area contributed by atoms with E-state index < -0.39 is 13.0 Å². The first-order chi connectivity index (χ1) is 25.1. The molecule has 0 aromatic heterocycles. The van der Waals surface area contributed by atoms with Crippen molar-refractivity contribution >= 4 is 0 Å². The van der Waals surface area contributed by atoms with E-state index >= 15 is 0 Å². The van der Waals surface area contributed by atoms with Gasteiger partial charge in [0.15, 0.2) is 0 Å². The average molecular weight is 711 g/mol. The molecule has 0 spiro atoms. The summed E-state index contributed by atoms with van der Waals surface area (Å²) in [6.07, 6.45) is 0. The quantitative estimate of drug-likeness (QED) is 0.0562. The van der Waals surface area contributed by atoms with Crippen molar-refractivity contribution in [3.05, 3.63) is 97.1 Å². The van der Waals surface area contributed by atoms with E-state index in [0.717, 1.165) is 23.0 Å². The van der Waals surface area contributed by atoms with Gasteiger partial charge in [0, 0.05) is 0 Å². The minimum absolute atomic E-state index is 0.129. The van der Waals surface area contributed by atoms with Crippen LogP contribution in [-0.2, 0) is 23.7 Å². The highest BCUT2D eigenvalue weighted by atomic mass is 16.9. The molecule has 51 heavy (non-hydrogen) atoms. The molecule has 4 rings (SSSR count). The molecule has 0 radical (unpaired) electrons. The van der Waals surface area contributed by atoms with E-state index in [9.17, 15) is 0 Å². The monoisotopic (exact) mass is 710 g/mol. The van der Waals surface area contributed by atoms with E-state index in [0.29, 0.717) is 23.0 Å². The summed E-state index contributed by atoms with van der Waals surface area (Å²) < 4.78 is 73.6. The molecule has 13 nitrogen and oxygen atoms in total. The Balaban J connectivity index is 1.32. The van der Waals surface area contributed by atoms with Gasteiger partial charge in [-0.2, -0.15) is 0 Å². The summed E-state index contributed by atoms with van der Waals surface area (Å²) in [4.78, 5) is 0. The molecule has 0 aliphatic carbocycles. The van der Waals surface area contributed by atoms with Gasteiger partial charge in [0.1, 0.15) is 72.4 Å². The minimum Gasteiger partial charge on any atom is -0.497 e. The van der Waals surface area contributed by atoms with Crippen molar-refractivity contribution in [2.75, 3.05) is 81.3 Å². The third-order valence-electron chi connectivity index (χ3n) is 6.88. The summed E-state index contributed by atoms with van der Waals surface area (Å²) in [6.45, 7) is -1.00. The second-order valence-electron chi connectivity index (χ2n) is 10.3. The molecule has 0 N–H and O–H groups in total. The van der Waals surface area contributed by atoms with Crippen LogP contribution in [-0.4, -0.2) is 94.2 Å². The van der Waals surface area contributed by atoms with Crippen LogP contribution in [0, 0.1) is 0 Å². The van der Waals surface area contributed by atoms with Crippen molar-refractivity contribution in [2.45, 2.75) is 13.0 Å². The Kier molecular flexibility index (Phi) is 17.3. The fraction of sp³-hybridized carbons (Fsp3) is 0.368. The first-order valence-corrected chi connectivity index (χ1v) is 16.3. The Bertz CT molecular complexity index is 1240. The normalized spacial score (nSPS) is 10.9. The van der Waals surface area contributed by atoms with Crippen molar-refractivity contribution in [2.24, 2.45) is 0 Å². The van der Waals surface area contributed by atoms with Crippen molar-refractivity contribution in [3.8, 4) is 46.0 Å². The lowest BCUT2D eigenvalue weighted by Crippen LogP contribution is -2.34. The summed E-state index contributed by atoms with van der Waals surface area (Å²) in [5.74, 6) is 5.54. The molecule has 0 fully saturated rings. The van der Waals surface area contributed by atoms with Crippen LogP contribution in [0.25, 0.3) is 0 Å². The summed E-state index contributed by atoms with van der Waals surface area (Å²) in [5, 5.41) is 0. The zero-order valence-corrected chi connectivity index (χ0v) is 29.4. The molecule has 0 aliphatic heterocycles. The van der Waals surface area contributed by atoms with Gasteiger partial charge in [-0.05, 0) is 97.1 Å². The lowest BCUT2D eigenvalue weighted by atomic mass is 10.3. The third-order valence-corrected chi connectivity index (χ3v) is 6.88. The Morgan fingerprint density at radius 3 is 0.686 bits per heavy atom. The molecule has 13 heteroatoms. The van der Waals surface area contributed by atoms with Crippen LogP contribution in [0.1, 0.15) is 0 Å². The second-order valence-corrected chi connectivity index (χ2v) is 10.3. The smallest absolute Gasteiger partial charge is 0.275 e. The van der Waals surface area contributed by atoms with Gasteiger partial charge in [-0.15, -0.1) is 0 Å². The van der Waals surface area contributed by atoms with E-state index in [1.807, 2.05) is 48.5 Å². The molecule has 0 atom stereocenters. The first kappa shape index (κ1) is 38.9. The maximum Gasteiger partial charge on any atom is 0.275 e. The molecular weight excluding hydrogens is 664 g/mol. The lowest BCUT2D eigenvalue weighted by Gasteiger charge is -2.25. The highest BCUT2D eigenvalue weighted by molar-refractivity contribution is 5.33. The summed E-state index contributed by atoms with van der Waals surface area (Å²) in [6, 6.07) is 28.9. The maximum atomic E-state index is 6.00. The van der Waals surface area contributed by atoms with Gasteiger partial charge in [0.05, 0.1) is 54.9 Å². The number of hydrogen-bond acceptors (Lipinski definition) is 13. The van der Waals surface area contributed by atoms with Gasteiger partial charge in [0.25, 0.3) is 13.0 Å². The van der Waals surface area contributed by atoms with E-state index in [2.05, 4.69) is 0 Å². The second kappa shape index (κ2) is 22.7. The number of ether oxygens (including phenoxy) is 13. The highest BCUT2D eigenvalue weighted by Crippen LogP contribution is 2.20. The average Bonchev–Trinajstić information content (AvgIpc) is 3.18. The molecule has 0 bridgehead atoms. The van der Waals surface area contributed by atoms with Crippen LogP contribution in [0.3, 0.4) is 0 Å². The largest absolute Gasteiger partial charge is 0.497 e. The van der Waals surface area contributed by atoms with Crippen molar-refractivity contribution < 1.29 is 61.6 Å². The molecule has 0 unspecified atom stereocenters. The molecular formula is C38H46O13. The molecule has 0 aliphatic rings. The van der Waals surface area contributed by atoms with Crippen LogP contribution in [0.4, 0.5) is 0 Å². The van der Waals surface area contributed by atoms with E-state index in [-0.39, 0.29) is 52.9 Å². The molecule has 4 aromatic carbocycles. The number of hydrogen-bond donors (Lipinski definition) is 0. The van der Waals surface area contributed by atoms with Gasteiger partial charge in [0.2, 0.25) is 0 Å². The van der Waals surface area contributed by atoms with E-state index in [4.69, 9.17) is 61.6 Å². The maximum absolute atomic E-state index is 6.00. The van der Waals surface area contributed by atoms with Crippen LogP contribution in [0.15, 0.2) is 97.1 Å². The molecule has 276 valence electrons. The van der Waals surface area contributed by atoms with E-state index in [1.165, 1.54) is 0 Å². The Morgan fingerprint density at radius 1 is 0.294 bits per heavy atom. The van der Waals surface area contributed by atoms with Crippen LogP contribution >= 0.6 is 0 Å². The van der Waals surface area contributed by atoms with Gasteiger partial charge in [-0.1, -0.05) is 0 Å². The summed E-state index contributed by atoms with van der Waals surface area (Å²) in [7, 11) is 6.42. The molecule has 0 saturated heterocycles. The summed E-state index contributed by atoms with van der Waals surface area (Å²) >= 11 is 0. The predicted octanol–water partition coefficient (Wildman–Crippen LogP) is 5.99. The fourth-order valence-corrected chi connectivity index (χ4v) is 4.25. The number of methoxy groups -OCH3 is 4. The molecule has 0 saturated carbocycles. The fourth-order valence-electron chi connectivity index (χ4n) is 4.25. The van der Waals surface area contributed by atoms with Gasteiger partial charge in [-0.25, -0.2) is 0 Å². The minimum atomic E-state index is -1.20. The standard InChI is InChI=1S/C38H46O13/c1-39-29-5-13-33(14-6-29)43-21-25-47-37(48-26-22-44-34-15-7-30(40-2)8-16-34)51-38(49-27-23-45-35-17-9-31(41-3)10-18-35)50-28-24-46-36-19-11-32(42-4)12-20-36/h5-20,37-38H,21-28H2,1-4H3. The first-order valence-electron chi connectivity index (χ1n) is 16.3. The highest BCUT2D eigenvalue weighted by Gasteiger charge is 2.20. The van der Waals surface area contributed by atoms with Gasteiger partial charge >= 0.3 is 0 Å². The predicted molar refractivity (Wildman–Crippen MR) is 186 cm³/mol. The van der Waals surface area contributed by atoms with Crippen molar-refractivity contribution in [1.82, 2.24) is 0 Å². The summed E-state index contributed by atoms with van der Waals surface area (Å²) in [5.41, 5.74) is 0. The molecule has 0 heterocycles. The Labute approximate surface area is 298 Å². The zero-order valence-electron chi connectivity index (χ0n) is 29.4. The third kappa shape index (κ3) is 14.8.